The molecule has 0 bridgehead atoms. The molecule has 0 aliphatic carbocycles. The van der Waals surface area contributed by atoms with E-state index in [1.807, 2.05) is 54.6 Å². The van der Waals surface area contributed by atoms with Gasteiger partial charge in [0.15, 0.2) is 17.1 Å². The number of nitrogens with zero attached hydrogens (tertiary/aromatic N) is 3. The molecule has 0 fully saturated rings. The van der Waals surface area contributed by atoms with Gasteiger partial charge in [0.1, 0.15) is 11.3 Å². The van der Waals surface area contributed by atoms with Gasteiger partial charge in [-0.1, -0.05) is 72.8 Å². The lowest BCUT2D eigenvalue weighted by atomic mass is 9.64. The first kappa shape index (κ1) is 27.2. The van der Waals surface area contributed by atoms with Gasteiger partial charge in [-0.15, -0.1) is 0 Å². The lowest BCUT2D eigenvalue weighted by molar-refractivity contribution is 0.477. The molecule has 0 radical (unpaired) electrons. The highest BCUT2D eigenvalue weighted by molar-refractivity contribution is 6.77. The van der Waals surface area contributed by atoms with Crippen LogP contribution in [0.25, 0.3) is 44.8 Å². The van der Waals surface area contributed by atoms with Gasteiger partial charge in [-0.05, 0) is 107 Å². The van der Waals surface area contributed by atoms with Gasteiger partial charge < -0.3 is 23.5 Å². The van der Waals surface area contributed by atoms with Crippen molar-refractivity contribution < 1.29 is 13.8 Å². The molecule has 3 aliphatic heterocycles. The molecule has 4 heterocycles. The molecule has 50 heavy (non-hydrogen) atoms. The molecule has 1 aromatic heterocycles. The molecule has 6 nitrogen and oxygen atoms in total. The summed E-state index contributed by atoms with van der Waals surface area (Å²) in [5.41, 5.74) is 13.4. The summed E-state index contributed by atoms with van der Waals surface area (Å²) in [6, 6.07) is 54.3. The Labute approximate surface area is 288 Å². The smallest absolute Gasteiger partial charge is 0.524 e. The first-order valence-corrected chi connectivity index (χ1v) is 16.7. The Kier molecular flexibility index (Phi) is 5.66. The Hall–Kier alpha value is -6.73. The maximum atomic E-state index is 6.46. The number of oxazole rings is 1. The average molecular weight is 644 g/mol. The average Bonchev–Trinajstić information content (AvgIpc) is 3.79. The fraction of sp³-hybridized carbons (Fsp3) is 0. The van der Waals surface area contributed by atoms with E-state index in [2.05, 4.69) is 113 Å². The van der Waals surface area contributed by atoms with Crippen LogP contribution in [-0.4, -0.2) is 12.0 Å². The molecule has 0 unspecified atom stereocenters. The number of hydrogen-bond donors (Lipinski definition) is 0. The molecule has 11 rings (SSSR count). The van der Waals surface area contributed by atoms with Gasteiger partial charge in [0.25, 0.3) is 0 Å². The molecule has 0 saturated carbocycles. The molecule has 0 spiro atoms. The molecule has 234 valence electrons. The van der Waals surface area contributed by atoms with Gasteiger partial charge in [0, 0.05) is 22.5 Å². The Bertz CT molecular complexity index is 2610. The van der Waals surface area contributed by atoms with Gasteiger partial charge in [-0.2, -0.15) is 0 Å². The summed E-state index contributed by atoms with van der Waals surface area (Å²) in [5, 5.41) is 0. The predicted octanol–water partition coefficient (Wildman–Crippen LogP) is 10.6. The van der Waals surface area contributed by atoms with Crippen LogP contribution < -0.4 is 24.6 Å². The molecular formula is C43H26BN3O3. The Morgan fingerprint density at radius 2 is 1.14 bits per heavy atom. The summed E-state index contributed by atoms with van der Waals surface area (Å²) in [4.78, 5) is 9.40. The molecule has 8 aromatic rings. The molecule has 7 heteroatoms. The minimum Gasteiger partial charge on any atom is -0.536 e. The topological polar surface area (TPSA) is 51.0 Å². The number of anilines is 5. The van der Waals surface area contributed by atoms with Crippen LogP contribution in [0.2, 0.25) is 0 Å². The number of aromatic nitrogens is 1. The van der Waals surface area contributed by atoms with Crippen molar-refractivity contribution in [3.8, 4) is 51.0 Å². The zero-order valence-electron chi connectivity index (χ0n) is 26.7. The fourth-order valence-corrected chi connectivity index (χ4v) is 7.58. The van der Waals surface area contributed by atoms with E-state index in [4.69, 9.17) is 18.8 Å². The minimum atomic E-state index is -0.180. The highest BCUT2D eigenvalue weighted by atomic mass is 16.5. The van der Waals surface area contributed by atoms with Crippen LogP contribution in [0.5, 0.6) is 17.2 Å². The van der Waals surface area contributed by atoms with Crippen molar-refractivity contribution in [2.24, 2.45) is 0 Å². The molecule has 0 atom stereocenters. The van der Waals surface area contributed by atoms with Crippen molar-refractivity contribution in [2.75, 3.05) is 9.71 Å². The van der Waals surface area contributed by atoms with Crippen molar-refractivity contribution in [3.05, 3.63) is 158 Å². The maximum absolute atomic E-state index is 6.46. The maximum Gasteiger partial charge on any atom is 0.524 e. The van der Waals surface area contributed by atoms with Crippen LogP contribution in [0.1, 0.15) is 0 Å². The molecule has 7 aromatic carbocycles. The summed E-state index contributed by atoms with van der Waals surface area (Å²) < 4.78 is 19.1. The Morgan fingerprint density at radius 3 is 1.94 bits per heavy atom. The highest BCUT2D eigenvalue weighted by Gasteiger charge is 2.44. The number of para-hydroxylation sites is 6. The van der Waals surface area contributed by atoms with Crippen LogP contribution in [0, 0.1) is 0 Å². The van der Waals surface area contributed by atoms with Gasteiger partial charge in [0.05, 0.1) is 17.1 Å². The number of ether oxygens (including phenoxy) is 1. The van der Waals surface area contributed by atoms with E-state index in [-0.39, 0.29) is 7.05 Å². The van der Waals surface area contributed by atoms with E-state index in [1.165, 1.54) is 11.1 Å². The van der Waals surface area contributed by atoms with Crippen LogP contribution >= 0.6 is 0 Å². The zero-order chi connectivity index (χ0) is 32.8. The van der Waals surface area contributed by atoms with Crippen molar-refractivity contribution >= 4 is 52.0 Å². The lowest BCUT2D eigenvalue weighted by Gasteiger charge is -2.32. The second kappa shape index (κ2) is 10.4. The summed E-state index contributed by atoms with van der Waals surface area (Å²) >= 11 is 0. The number of hydrogen-bond acceptors (Lipinski definition) is 6. The number of fused-ring (bicyclic) bond motifs is 11. The third-order valence-corrected chi connectivity index (χ3v) is 9.90. The van der Waals surface area contributed by atoms with Crippen molar-refractivity contribution in [1.82, 2.24) is 4.98 Å². The first-order chi connectivity index (χ1) is 24.8. The van der Waals surface area contributed by atoms with Gasteiger partial charge >= 0.3 is 7.05 Å². The third kappa shape index (κ3) is 4.01. The standard InChI is InChI=1S/C43H26BN3O3/c1-2-10-33-31(9-1)32-25-28(20-24-35(32)47-38-13-5-8-16-41(38)50-44(33)47)29-19-23-34-42(26-29)49-43(45-34)27-17-21-30(22-18-27)46-36-11-3-6-14-39(36)48-40-15-7-4-12-37(40)46/h1-26H. The van der Waals surface area contributed by atoms with Crippen LogP contribution in [0.4, 0.5) is 28.4 Å². The Balaban J connectivity index is 0.941. The number of rotatable bonds is 3. The minimum absolute atomic E-state index is 0.180. The highest BCUT2D eigenvalue weighted by Crippen LogP contribution is 2.51. The predicted molar refractivity (Wildman–Crippen MR) is 200 cm³/mol. The van der Waals surface area contributed by atoms with Gasteiger partial charge in [-0.3, -0.25) is 0 Å². The second-order valence-corrected chi connectivity index (χ2v) is 12.7. The van der Waals surface area contributed by atoms with Gasteiger partial charge in [0.2, 0.25) is 5.89 Å². The van der Waals surface area contributed by atoms with E-state index in [0.29, 0.717) is 5.89 Å². The first-order valence-electron chi connectivity index (χ1n) is 16.7. The molecule has 0 saturated heterocycles. The van der Waals surface area contributed by atoms with Gasteiger partial charge in [-0.25, -0.2) is 4.98 Å². The van der Waals surface area contributed by atoms with E-state index in [9.17, 15) is 0 Å². The second-order valence-electron chi connectivity index (χ2n) is 12.7. The summed E-state index contributed by atoms with van der Waals surface area (Å²) in [6.45, 7) is 0. The largest absolute Gasteiger partial charge is 0.536 e. The van der Waals surface area contributed by atoms with Crippen molar-refractivity contribution in [3.63, 3.8) is 0 Å². The summed E-state index contributed by atoms with van der Waals surface area (Å²) in [6.07, 6.45) is 0. The van der Waals surface area contributed by atoms with Crippen LogP contribution in [0.15, 0.2) is 162 Å². The molecular weight excluding hydrogens is 617 g/mol. The quantitative estimate of drug-likeness (QED) is 0.179. The third-order valence-electron chi connectivity index (χ3n) is 9.90. The fourth-order valence-electron chi connectivity index (χ4n) is 7.58. The van der Waals surface area contributed by atoms with E-state index < -0.39 is 0 Å². The lowest BCUT2D eigenvalue weighted by Crippen LogP contribution is -2.50. The molecule has 3 aliphatic rings. The summed E-state index contributed by atoms with van der Waals surface area (Å²) in [5.74, 6) is 3.15. The monoisotopic (exact) mass is 643 g/mol. The molecule has 0 N–H and O–H groups in total. The normalized spacial score (nSPS) is 13.4. The van der Waals surface area contributed by atoms with E-state index >= 15 is 0 Å². The van der Waals surface area contributed by atoms with Crippen molar-refractivity contribution in [1.29, 1.82) is 0 Å². The Morgan fingerprint density at radius 1 is 0.500 bits per heavy atom. The van der Waals surface area contributed by atoms with Crippen molar-refractivity contribution in [2.45, 2.75) is 0 Å². The SMILES string of the molecule is c1ccc2c(c1)OB1c3ccccc3-c3cc(-c4ccc5nc(-c6ccc(N7c8ccccc8Oc8ccccc87)cc6)oc5c4)ccc3N12. The van der Waals surface area contributed by atoms with E-state index in [0.717, 1.165) is 78.9 Å². The van der Waals surface area contributed by atoms with Crippen LogP contribution in [0.3, 0.4) is 0 Å². The van der Waals surface area contributed by atoms with E-state index in [1.54, 1.807) is 0 Å². The summed E-state index contributed by atoms with van der Waals surface area (Å²) in [7, 11) is -0.180. The molecule has 0 amide bonds. The number of benzene rings is 7. The zero-order valence-corrected chi connectivity index (χ0v) is 26.7. The van der Waals surface area contributed by atoms with Crippen LogP contribution in [-0.2, 0) is 0 Å².